The highest BCUT2D eigenvalue weighted by Crippen LogP contribution is 2.44. The molecule has 49 nitrogen and oxygen atoms in total. The Hall–Kier alpha value is -3.15. The highest BCUT2D eigenvalue weighted by atomic mass is 35.5. The monoisotopic (exact) mass is 2230 g/mol. The molecular weight excluding hydrogens is 2070 g/mol. The van der Waals surface area contributed by atoms with Crippen LogP contribution in [0.15, 0.2) is 0 Å². The zero-order valence-electron chi connectivity index (χ0n) is 84.2. The molecule has 26 N–H and O–H groups in total. The Labute approximate surface area is 860 Å². The molecule has 8 saturated heterocycles. The van der Waals surface area contributed by atoms with Gasteiger partial charge in [-0.05, 0) is 104 Å². The van der Waals surface area contributed by atoms with Crippen LogP contribution in [0.4, 0.5) is 17.6 Å². The Balaban J connectivity index is 0.000000601. The van der Waals surface area contributed by atoms with Crippen molar-refractivity contribution in [3.63, 3.8) is 0 Å². The molecule has 9 rings (SSSR count). The van der Waals surface area contributed by atoms with Gasteiger partial charge in [-0.15, -0.1) is 0 Å². The van der Waals surface area contributed by atoms with E-state index in [1.165, 1.54) is 28.4 Å². The molecule has 9 fully saturated rings. The second-order valence-electron chi connectivity index (χ2n) is 42.0. The Morgan fingerprint density at radius 3 is 0.923 bits per heavy atom. The molecule has 0 bridgehead atoms. The lowest BCUT2D eigenvalue weighted by Gasteiger charge is -2.49. The summed E-state index contributed by atoms with van der Waals surface area (Å²) in [4.78, 5) is 58.9. The third kappa shape index (κ3) is 34.9. The highest BCUT2D eigenvalue weighted by molar-refractivity contribution is 7.88. The number of alkyl halides is 4. The van der Waals surface area contributed by atoms with Gasteiger partial charge in [-0.3, -0.25) is 24.0 Å². The fourth-order valence-corrected chi connectivity index (χ4v) is 30.0. The molecule has 8 heterocycles. The van der Waals surface area contributed by atoms with E-state index in [4.69, 9.17) is 78.9 Å². The van der Waals surface area contributed by atoms with Crippen molar-refractivity contribution in [3.8, 4) is 0 Å². The quantitative estimate of drug-likeness (QED) is 0.0153. The number of nitrogens with two attached hydrogens (primary N) is 5. The number of likely N-dealkylation sites (tertiary alicyclic amines) is 2. The second kappa shape index (κ2) is 54.1. The molecule has 1 aliphatic carbocycles. The topological polar surface area (TPSA) is 734 Å². The van der Waals surface area contributed by atoms with Crippen molar-refractivity contribution in [2.24, 2.45) is 58.3 Å². The first kappa shape index (κ1) is 136. The van der Waals surface area contributed by atoms with Gasteiger partial charge < -0.3 is 160 Å². The van der Waals surface area contributed by atoms with E-state index in [2.05, 4.69) is 5.32 Å². The summed E-state index contributed by atoms with van der Waals surface area (Å²) in [6.45, 7) is 12.9. The molecule has 66 heteroatoms. The Kier molecular flexibility index (Phi) is 51.4. The van der Waals surface area contributed by atoms with Gasteiger partial charge in [-0.1, -0.05) is 52.9 Å². The lowest BCUT2D eigenvalue weighted by molar-refractivity contribution is -0.933. The molecule has 836 valence electrons. The van der Waals surface area contributed by atoms with Crippen LogP contribution in [0.25, 0.3) is 0 Å². The third-order valence-electron chi connectivity index (χ3n) is 28.2. The molecular formula is C77H159B5Cl3F4N19O30S5. The zero-order valence-corrected chi connectivity index (χ0v) is 90.6. The van der Waals surface area contributed by atoms with Gasteiger partial charge in [0.1, 0.15) is 72.0 Å². The fourth-order valence-electron chi connectivity index (χ4n) is 20.4. The zero-order chi connectivity index (χ0) is 107. The van der Waals surface area contributed by atoms with Crippen LogP contribution in [-0.4, -0.2) is 502 Å². The van der Waals surface area contributed by atoms with Gasteiger partial charge in [-0.25, -0.2) is 17.6 Å². The van der Waals surface area contributed by atoms with E-state index in [1.807, 2.05) is 63.2 Å². The SMILES string of the molecule is CC(C)N(C1CCCC(F)(F)C1)S(=O)(=O)N1C[C@H](CCCB(O)O)[C@](N)(C(=O)O)C1.CC(C)N(C1C[N+](C)(C)C1)S(=O)(=O)N1C[C@H](CCCB(O)O)[C@](N)(C(=O)O)C1.CCN(C1CNCC1(F)F)S(=O)(=O)N1C[C@H](CCCB(O)O)[C@](N)(C(=O)O)C1.CCN(C1C[N+](C)(C)C1)S(=O)(=O)N1C[C@H](CCCB(O)O)[C@](N)(C(=O)O)C1.CCN(CC[N+](C)(C)C)S(=O)(=O)N1C[C@H](CCCB(O)O)[C@](N)(C(=O)O)C1.[Cl-].[Cl-].[Cl-]. The maximum atomic E-state index is 14.1. The first-order chi connectivity index (χ1) is 63.8. The number of halogens is 7. The summed E-state index contributed by atoms with van der Waals surface area (Å²) in [6, 6.07) is -3.51. The Morgan fingerprint density at radius 1 is 0.427 bits per heavy atom. The number of hydrogen-bond acceptors (Lipinski definition) is 31. The van der Waals surface area contributed by atoms with E-state index in [-0.39, 0.29) is 197 Å². The van der Waals surface area contributed by atoms with Gasteiger partial charge in [0, 0.05) is 152 Å². The summed E-state index contributed by atoms with van der Waals surface area (Å²) in [5.74, 6) is -16.0. The van der Waals surface area contributed by atoms with Crippen LogP contribution < -0.4 is 71.2 Å². The summed E-state index contributed by atoms with van der Waals surface area (Å²) in [5, 5.41) is 140. The fraction of sp³-hybridized carbons (Fsp3) is 0.935. The largest absolute Gasteiger partial charge is 1.00 e. The number of rotatable bonds is 47. The average molecular weight is 2230 g/mol. The van der Waals surface area contributed by atoms with Crippen molar-refractivity contribution in [2.45, 2.75) is 246 Å². The molecule has 0 aromatic carbocycles. The van der Waals surface area contributed by atoms with E-state index in [1.54, 1.807) is 27.7 Å². The lowest BCUT2D eigenvalue weighted by atomic mass is 9.78. The number of aliphatic carboxylic acids is 5. The number of nitrogens with zero attached hydrogens (tertiary/aromatic N) is 13. The van der Waals surface area contributed by atoms with Gasteiger partial charge in [0.15, 0.2) is 0 Å². The number of hydrogen-bond donors (Lipinski definition) is 21. The standard InChI is InChI=1S/C17H32BF2N3O6S.C16H33BN4O6S.C15H31BN4O6S.C15H33BN4O6S.C14H27BF2N4O6S.3ClH/c1-12(2)23(14-6-3-7-16(19,20)9-14)30(28,29)22-10-13(5-4-8-18(26)27)17(21,11-22)15(24)25;1-12(2)20(14-9-21(3,4)10-14)28(26,27)19-8-13(6-5-7-17(24)25)16(18,11-19)15(22)23;1-4-19(13-9-20(2,3)10-13)27(25,26)18-8-12(6-5-7-16(23)24)15(17,11-18)14(21)22;1-5-18(9-10-20(2,3)4)27(25,26)19-11-13(7-6-8-16(23)24)15(17,12-19)14(21)22;1-2-21(11-6-19-8-14(11,16)17)28(26,27)20-7-10(4-3-5-15(24)25)13(18,9-20)12(22)23;;;/h12-14,26-27H,3-11,21H2,1-2H3,(H,24,25);12-14,24-25H,5-11,18H2,1-4H3;12-13,23-24H,4-11,17H2,1-3H3;13,23-24H,5-12,17H2,1-4H3;10-11,19,24-25H,2-9,18H2,1H3,(H,22,23);3*1H/t13-,14?,17-;13-,16-;12-,15-;13-,15-;10-,11?,13-;;;/m00000.../s1. The first-order valence-corrected chi connectivity index (χ1v) is 54.5. The van der Waals surface area contributed by atoms with Crippen LogP contribution in [0.2, 0.25) is 31.6 Å². The second-order valence-corrected chi connectivity index (χ2v) is 51.3. The highest BCUT2D eigenvalue weighted by Gasteiger charge is 2.62. The van der Waals surface area contributed by atoms with Gasteiger partial charge in [0.05, 0.1) is 69.0 Å². The van der Waals surface area contributed by atoms with Crippen LogP contribution in [-0.2, 0) is 75.0 Å². The molecule has 0 radical (unpaired) electrons. The number of nitrogens with one attached hydrogen (secondary N) is 1. The normalized spacial score (nSPS) is 28.1. The van der Waals surface area contributed by atoms with Crippen molar-refractivity contribution in [1.29, 1.82) is 0 Å². The summed E-state index contributed by atoms with van der Waals surface area (Å²) in [7, 11) is -13.6. The smallest absolute Gasteiger partial charge is 0.451 e. The number of likely N-dealkylation sites (N-methyl/N-ethyl adjacent to an activating group) is 6. The molecule has 9 aliphatic rings. The maximum absolute atomic E-state index is 14.1. The minimum absolute atomic E-state index is 0. The van der Waals surface area contributed by atoms with E-state index >= 15 is 0 Å². The van der Waals surface area contributed by atoms with E-state index in [0.717, 1.165) is 26.2 Å². The van der Waals surface area contributed by atoms with Gasteiger partial charge in [-0.2, -0.15) is 85.1 Å². The predicted octanol–water partition coefficient (Wildman–Crippen LogP) is -15.8. The minimum atomic E-state index is -4.38. The molecule has 8 aliphatic heterocycles. The number of carboxylic acid groups (broad SMARTS) is 5. The maximum Gasteiger partial charge on any atom is 0.451 e. The Morgan fingerprint density at radius 2 is 0.692 bits per heavy atom. The summed E-state index contributed by atoms with van der Waals surface area (Å²) < 4.78 is 202. The molecule has 143 heavy (non-hydrogen) atoms. The van der Waals surface area contributed by atoms with E-state index < -0.39 is 230 Å². The molecule has 0 amide bonds. The average Bonchev–Trinajstić information content (AvgIpc) is 1.68. The van der Waals surface area contributed by atoms with Crippen LogP contribution in [0.3, 0.4) is 0 Å². The molecule has 12 atom stereocenters. The van der Waals surface area contributed by atoms with Crippen LogP contribution in [0.1, 0.15) is 138 Å². The van der Waals surface area contributed by atoms with E-state index in [0.29, 0.717) is 99.5 Å². The molecule has 2 unspecified atom stereocenters. The number of quaternary nitrogens is 3. The van der Waals surface area contributed by atoms with E-state index in [9.17, 15) is 109 Å². The van der Waals surface area contributed by atoms with Crippen molar-refractivity contribution in [1.82, 2.24) is 48.4 Å². The minimum Gasteiger partial charge on any atom is -1.00 e. The van der Waals surface area contributed by atoms with Crippen LogP contribution >= 0.6 is 0 Å². The van der Waals surface area contributed by atoms with Crippen LogP contribution in [0, 0.1) is 29.6 Å². The summed E-state index contributed by atoms with van der Waals surface area (Å²) >= 11 is 0. The number of carbonyl (C=O) groups is 5. The summed E-state index contributed by atoms with van der Waals surface area (Å²) in [6.07, 6.45) is 2.74. The number of carboxylic acids is 5. The van der Waals surface area contributed by atoms with Crippen molar-refractivity contribution in [3.05, 3.63) is 0 Å². The van der Waals surface area contributed by atoms with Crippen molar-refractivity contribution >= 4 is 116 Å². The van der Waals surface area contributed by atoms with Crippen molar-refractivity contribution < 1.29 is 210 Å². The van der Waals surface area contributed by atoms with Crippen molar-refractivity contribution in [2.75, 3.05) is 187 Å². The Bertz CT molecular complexity index is 4690. The summed E-state index contributed by atoms with van der Waals surface area (Å²) in [5.41, 5.74) is 21.6. The third-order valence-corrected chi connectivity index (χ3v) is 38.7. The predicted molar refractivity (Wildman–Crippen MR) is 513 cm³/mol. The molecule has 1 saturated carbocycles. The van der Waals surface area contributed by atoms with Gasteiger partial charge in [0.2, 0.25) is 5.92 Å². The first-order valence-electron chi connectivity index (χ1n) is 47.5. The lowest BCUT2D eigenvalue weighted by Crippen LogP contribution is -3.00. The van der Waals surface area contributed by atoms with Gasteiger partial charge in [0.25, 0.3) is 57.0 Å². The molecule has 0 spiro atoms. The molecule has 0 aromatic heterocycles. The molecule has 0 aromatic rings. The van der Waals surface area contributed by atoms with Crippen LogP contribution in [0.5, 0.6) is 0 Å². The van der Waals surface area contributed by atoms with Gasteiger partial charge >= 0.3 is 65.4 Å².